The molecule has 5 aromatic carbocycles. The summed E-state index contributed by atoms with van der Waals surface area (Å²) in [5.41, 5.74) is 0.357. The fraction of sp³-hybridized carbons (Fsp3) is 0.103. The van der Waals surface area contributed by atoms with Crippen LogP contribution in [0.4, 0.5) is 11.4 Å². The number of ketones is 1. The number of carbonyl (C=O) groups excluding carboxylic acids is 3. The lowest BCUT2D eigenvalue weighted by Gasteiger charge is -2.39. The fourth-order valence-corrected chi connectivity index (χ4v) is 8.75. The van der Waals surface area contributed by atoms with Crippen LogP contribution in [0.5, 0.6) is 0 Å². The Balaban J connectivity index is 1.55. The van der Waals surface area contributed by atoms with Crippen molar-refractivity contribution in [3.63, 3.8) is 0 Å². The number of amides is 2. The number of Topliss-reactive ketones (excluding diaryl/α,β-unsaturated/α-hetero) is 1. The average molecular weight is 682 g/mol. The van der Waals surface area contributed by atoms with Crippen LogP contribution in [-0.2, 0) is 25.2 Å². The number of hydrogen-bond acceptors (Lipinski definition) is 5. The maximum Gasteiger partial charge on any atom is 0.294 e. The number of hydrogen-bond donors (Lipinski definition) is 0. The van der Waals surface area contributed by atoms with Gasteiger partial charge in [-0.15, -0.1) is 0 Å². The number of nitro groups is 1. The van der Waals surface area contributed by atoms with Crippen molar-refractivity contribution in [1.29, 1.82) is 0 Å². The van der Waals surface area contributed by atoms with Gasteiger partial charge in [0, 0.05) is 10.5 Å². The molecule has 0 radical (unpaired) electrons. The number of imide groups is 1. The number of carbonyl (C=O) groups is 3. The molecule has 2 aliphatic carbocycles. The summed E-state index contributed by atoms with van der Waals surface area (Å²) in [6.07, 6.45) is 0. The van der Waals surface area contributed by atoms with Crippen LogP contribution in [-0.4, -0.2) is 22.5 Å². The van der Waals surface area contributed by atoms with Gasteiger partial charge in [0.2, 0.25) is 11.8 Å². The van der Waals surface area contributed by atoms with Crippen LogP contribution in [0.25, 0.3) is 11.1 Å². The Kier molecular flexibility index (Phi) is 6.49. The molecule has 228 valence electrons. The molecule has 2 amide bonds. The van der Waals surface area contributed by atoms with E-state index < -0.39 is 39.4 Å². The molecule has 1 aliphatic heterocycles. The number of benzene rings is 5. The molecule has 47 heavy (non-hydrogen) atoms. The van der Waals surface area contributed by atoms with Crippen LogP contribution in [0.15, 0.2) is 144 Å². The second-order valence-corrected chi connectivity index (χ2v) is 12.9. The first kappa shape index (κ1) is 29.0. The zero-order valence-corrected chi connectivity index (χ0v) is 26.3. The van der Waals surface area contributed by atoms with Crippen molar-refractivity contribution in [2.75, 3.05) is 4.90 Å². The lowest BCUT2D eigenvalue weighted by Crippen LogP contribution is -2.45. The molecule has 8 rings (SSSR count). The largest absolute Gasteiger partial charge is 0.297 e. The van der Waals surface area contributed by atoms with Crippen molar-refractivity contribution in [1.82, 2.24) is 0 Å². The van der Waals surface area contributed by atoms with Crippen LogP contribution in [0.3, 0.4) is 0 Å². The smallest absolute Gasteiger partial charge is 0.294 e. The van der Waals surface area contributed by atoms with Crippen molar-refractivity contribution in [3.05, 3.63) is 176 Å². The van der Waals surface area contributed by atoms with Crippen LogP contribution in [0.1, 0.15) is 22.3 Å². The van der Waals surface area contributed by atoms with Crippen molar-refractivity contribution in [2.45, 2.75) is 10.8 Å². The number of rotatable bonds is 6. The fourth-order valence-electron chi connectivity index (χ4n) is 8.40. The molecule has 7 nitrogen and oxygen atoms in total. The Labute approximate surface area is 278 Å². The molecule has 2 bridgehead atoms. The monoisotopic (exact) mass is 680 g/mol. The highest BCUT2D eigenvalue weighted by molar-refractivity contribution is 9.10. The minimum Gasteiger partial charge on any atom is -0.297 e. The summed E-state index contributed by atoms with van der Waals surface area (Å²) in [5.74, 6) is -3.87. The van der Waals surface area contributed by atoms with Crippen molar-refractivity contribution < 1.29 is 19.3 Å². The van der Waals surface area contributed by atoms with Gasteiger partial charge in [-0.05, 0) is 45.5 Å². The van der Waals surface area contributed by atoms with Crippen LogP contribution < -0.4 is 4.90 Å². The normalized spacial score (nSPS) is 24.6. The predicted molar refractivity (Wildman–Crippen MR) is 181 cm³/mol. The molecule has 1 saturated carbocycles. The number of halogens is 1. The van der Waals surface area contributed by atoms with E-state index in [-0.39, 0.29) is 17.2 Å². The second-order valence-electron chi connectivity index (χ2n) is 12.0. The van der Waals surface area contributed by atoms with E-state index in [1.165, 1.54) is 12.1 Å². The van der Waals surface area contributed by atoms with E-state index in [9.17, 15) is 10.1 Å². The molecular formula is C39H25BrN2O5. The average Bonchev–Trinajstić information content (AvgIpc) is 3.62. The van der Waals surface area contributed by atoms with Gasteiger partial charge in [-0.2, -0.15) is 0 Å². The van der Waals surface area contributed by atoms with Gasteiger partial charge in [-0.3, -0.25) is 24.5 Å². The molecule has 0 N–H and O–H groups in total. The Morgan fingerprint density at radius 2 is 1.00 bits per heavy atom. The molecule has 3 aliphatic rings. The van der Waals surface area contributed by atoms with Gasteiger partial charge in [0.15, 0.2) is 5.78 Å². The third kappa shape index (κ3) is 3.70. The highest BCUT2D eigenvalue weighted by Gasteiger charge is 2.83. The first-order valence-electron chi connectivity index (χ1n) is 15.2. The van der Waals surface area contributed by atoms with Gasteiger partial charge in [-0.25, -0.2) is 4.90 Å². The third-order valence-corrected chi connectivity index (χ3v) is 10.4. The van der Waals surface area contributed by atoms with Gasteiger partial charge in [-0.1, -0.05) is 137 Å². The zero-order chi connectivity index (χ0) is 32.5. The Hall–Kier alpha value is -5.47. The molecule has 2 fully saturated rings. The van der Waals surface area contributed by atoms with Crippen LogP contribution in [0.2, 0.25) is 0 Å². The van der Waals surface area contributed by atoms with Crippen molar-refractivity contribution in [3.8, 4) is 0 Å². The number of nitrogens with zero attached hydrogens (tertiary/aromatic N) is 2. The standard InChI is InChI=1S/C39H25BrN2O5/c40-28-21-22-29(30(23-28)42(46)47)41-35(43)33-34(36(41)44)39(27-19-11-4-12-20-27)32(25-15-7-2-8-16-25)31(24-13-5-1-6-14-24)38(33,37(39)45)26-17-9-3-10-18-26/h1-23,33-34H/t33-,34+,38-,39+. The Bertz CT molecular complexity index is 2030. The quantitative estimate of drug-likeness (QED) is 0.105. The van der Waals surface area contributed by atoms with Crippen molar-refractivity contribution >= 4 is 56.0 Å². The van der Waals surface area contributed by atoms with E-state index in [0.717, 1.165) is 16.0 Å². The summed E-state index contributed by atoms with van der Waals surface area (Å²) in [6, 6.07) is 41.8. The van der Waals surface area contributed by atoms with Gasteiger partial charge in [0.1, 0.15) is 5.69 Å². The second kappa shape index (κ2) is 10.5. The van der Waals surface area contributed by atoms with E-state index in [4.69, 9.17) is 0 Å². The minimum atomic E-state index is -1.58. The molecule has 1 saturated heterocycles. The zero-order valence-electron chi connectivity index (χ0n) is 24.7. The van der Waals surface area contributed by atoms with Crippen LogP contribution >= 0.6 is 15.9 Å². The molecule has 0 aromatic heterocycles. The van der Waals surface area contributed by atoms with E-state index in [2.05, 4.69) is 15.9 Å². The first-order valence-corrected chi connectivity index (χ1v) is 16.0. The van der Waals surface area contributed by atoms with Gasteiger partial charge in [0.25, 0.3) is 5.69 Å². The summed E-state index contributed by atoms with van der Waals surface area (Å²) >= 11 is 3.29. The SMILES string of the molecule is O=C1[C@@H]2[C@H](C(=O)N1c1ccc(Br)cc1[N+](=O)[O-])[C@]1(c3ccccc3)C(=O)[C@@]2(c2ccccc2)C(c2ccccc2)=C1c1ccccc1. The summed E-state index contributed by atoms with van der Waals surface area (Å²) in [5, 5.41) is 12.3. The third-order valence-electron chi connectivity index (χ3n) is 9.95. The topological polar surface area (TPSA) is 97.6 Å². The lowest BCUT2D eigenvalue weighted by molar-refractivity contribution is -0.384. The number of anilines is 1. The van der Waals surface area contributed by atoms with Crippen molar-refractivity contribution in [2.24, 2.45) is 11.8 Å². The number of allylic oxidation sites excluding steroid dienone is 2. The van der Waals surface area contributed by atoms with Crippen LogP contribution in [0, 0.1) is 22.0 Å². The summed E-state index contributed by atoms with van der Waals surface area (Å²) in [7, 11) is 0. The predicted octanol–water partition coefficient (Wildman–Crippen LogP) is 7.55. The van der Waals surface area contributed by atoms with E-state index in [0.29, 0.717) is 26.7 Å². The Morgan fingerprint density at radius 3 is 1.40 bits per heavy atom. The van der Waals surface area contributed by atoms with E-state index >= 15 is 14.4 Å². The summed E-state index contributed by atoms with van der Waals surface area (Å²) in [4.78, 5) is 58.6. The highest BCUT2D eigenvalue weighted by atomic mass is 79.9. The highest BCUT2D eigenvalue weighted by Crippen LogP contribution is 2.74. The molecule has 5 aromatic rings. The summed E-state index contributed by atoms with van der Waals surface area (Å²) < 4.78 is 0.434. The molecule has 4 atom stereocenters. The lowest BCUT2D eigenvalue weighted by atomic mass is 9.59. The maximum atomic E-state index is 15.9. The first-order chi connectivity index (χ1) is 22.8. The molecule has 0 spiro atoms. The molecular weight excluding hydrogens is 656 g/mol. The van der Waals surface area contributed by atoms with Gasteiger partial charge >= 0.3 is 0 Å². The summed E-state index contributed by atoms with van der Waals surface area (Å²) in [6.45, 7) is 0. The van der Waals surface area contributed by atoms with E-state index in [1.54, 1.807) is 6.07 Å². The number of fused-ring (bicyclic) bond motifs is 5. The van der Waals surface area contributed by atoms with Gasteiger partial charge < -0.3 is 0 Å². The maximum absolute atomic E-state index is 15.9. The molecule has 8 heteroatoms. The van der Waals surface area contributed by atoms with Gasteiger partial charge in [0.05, 0.1) is 27.6 Å². The number of nitro benzene ring substituents is 1. The minimum absolute atomic E-state index is 0.122. The van der Waals surface area contributed by atoms with E-state index in [1.807, 2.05) is 121 Å². The molecule has 1 heterocycles. The Morgan fingerprint density at radius 1 is 0.596 bits per heavy atom. The molecule has 0 unspecified atom stereocenters.